The van der Waals surface area contributed by atoms with Crippen LogP contribution in [0.4, 0.5) is 5.69 Å². The third-order valence-corrected chi connectivity index (χ3v) is 3.84. The number of carbonyl (C=O) groups excluding carboxylic acids is 1. The van der Waals surface area contributed by atoms with Crippen molar-refractivity contribution < 1.29 is 19.4 Å². The highest BCUT2D eigenvalue weighted by Gasteiger charge is 2.21. The minimum Gasteiger partial charge on any atom is -0.479 e. The number of Topliss-reactive ketones (excluding diaryl/α,β-unsaturated/α-hetero) is 1. The minimum atomic E-state index is -1.11. The number of hydrogen-bond donors (Lipinski definition) is 1. The Bertz CT molecular complexity index is 816. The highest BCUT2D eigenvalue weighted by Crippen LogP contribution is 2.34. The number of hydrogen-bond acceptors (Lipinski definition) is 5. The number of carboxylic acid groups (broad SMARTS) is 1. The van der Waals surface area contributed by atoms with Crippen LogP contribution in [0.15, 0.2) is 48.7 Å². The predicted octanol–water partition coefficient (Wildman–Crippen LogP) is 3.17. The Hall–Kier alpha value is -3.15. The summed E-state index contributed by atoms with van der Waals surface area (Å²) in [4.78, 5) is 29.1. The molecule has 2 aromatic rings. The zero-order chi connectivity index (χ0) is 19.1. The summed E-state index contributed by atoms with van der Waals surface area (Å²) in [7, 11) is 1.90. The second kappa shape index (κ2) is 8.80. The lowest BCUT2D eigenvalue weighted by molar-refractivity contribution is -0.139. The maximum atomic E-state index is 12.1. The van der Waals surface area contributed by atoms with Crippen molar-refractivity contribution in [3.8, 4) is 5.88 Å². The average Bonchev–Trinajstić information content (AvgIpc) is 2.61. The second-order valence-electron chi connectivity index (χ2n) is 5.79. The van der Waals surface area contributed by atoms with Gasteiger partial charge in [0, 0.05) is 25.4 Å². The molecule has 0 spiro atoms. The first-order chi connectivity index (χ1) is 12.4. The lowest BCUT2D eigenvalue weighted by Gasteiger charge is -2.24. The molecule has 0 fully saturated rings. The second-order valence-corrected chi connectivity index (χ2v) is 5.79. The van der Waals surface area contributed by atoms with E-state index in [9.17, 15) is 9.59 Å². The fraction of sp³-hybridized carbons (Fsp3) is 0.250. The number of pyridine rings is 1. The number of aliphatic carboxylic acids is 1. The van der Waals surface area contributed by atoms with E-state index in [1.165, 1.54) is 6.92 Å². The molecule has 136 valence electrons. The fourth-order valence-electron chi connectivity index (χ4n) is 2.71. The summed E-state index contributed by atoms with van der Waals surface area (Å²) in [5, 5.41) is 8.90. The Morgan fingerprint density at radius 3 is 2.50 bits per heavy atom. The SMILES string of the molecule is C/C=C(\C(C)=O)c1c(N(C)Cc2ccccc2)ccnc1OCC(=O)O. The lowest BCUT2D eigenvalue weighted by Crippen LogP contribution is -2.20. The van der Waals surface area contributed by atoms with Gasteiger partial charge in [0.15, 0.2) is 12.4 Å². The van der Waals surface area contributed by atoms with Crippen LogP contribution in [0.25, 0.3) is 5.57 Å². The maximum Gasteiger partial charge on any atom is 0.341 e. The van der Waals surface area contributed by atoms with Gasteiger partial charge in [0.05, 0.1) is 11.3 Å². The van der Waals surface area contributed by atoms with E-state index in [-0.39, 0.29) is 11.7 Å². The van der Waals surface area contributed by atoms with E-state index in [4.69, 9.17) is 9.84 Å². The predicted molar refractivity (Wildman–Crippen MR) is 100 cm³/mol. The Morgan fingerprint density at radius 1 is 1.23 bits per heavy atom. The number of benzene rings is 1. The van der Waals surface area contributed by atoms with E-state index in [2.05, 4.69) is 4.98 Å². The first-order valence-corrected chi connectivity index (χ1v) is 8.20. The number of ketones is 1. The molecule has 0 saturated carbocycles. The van der Waals surface area contributed by atoms with E-state index >= 15 is 0 Å². The molecule has 0 bridgehead atoms. The Kier molecular flexibility index (Phi) is 6.49. The van der Waals surface area contributed by atoms with Gasteiger partial charge in [-0.2, -0.15) is 0 Å². The average molecular weight is 354 g/mol. The van der Waals surface area contributed by atoms with Crippen LogP contribution < -0.4 is 9.64 Å². The Labute approximate surface area is 152 Å². The highest BCUT2D eigenvalue weighted by atomic mass is 16.5. The topological polar surface area (TPSA) is 79.7 Å². The zero-order valence-electron chi connectivity index (χ0n) is 15.1. The zero-order valence-corrected chi connectivity index (χ0v) is 15.1. The monoisotopic (exact) mass is 354 g/mol. The number of carbonyl (C=O) groups is 2. The van der Waals surface area contributed by atoms with Crippen LogP contribution in [0.1, 0.15) is 25.0 Å². The van der Waals surface area contributed by atoms with E-state index in [1.54, 1.807) is 25.3 Å². The van der Waals surface area contributed by atoms with Crippen molar-refractivity contribution in [2.24, 2.45) is 0 Å². The van der Waals surface area contributed by atoms with Crippen molar-refractivity contribution in [2.75, 3.05) is 18.6 Å². The summed E-state index contributed by atoms with van der Waals surface area (Å²) in [5.41, 5.74) is 2.79. The highest BCUT2D eigenvalue weighted by molar-refractivity contribution is 6.21. The molecule has 0 radical (unpaired) electrons. The molecule has 1 aromatic carbocycles. The van der Waals surface area contributed by atoms with Crippen LogP contribution in [-0.2, 0) is 16.1 Å². The molecule has 0 aliphatic heterocycles. The molecule has 0 saturated heterocycles. The van der Waals surface area contributed by atoms with Crippen LogP contribution in [0.5, 0.6) is 5.88 Å². The number of allylic oxidation sites excluding steroid dienone is 2. The van der Waals surface area contributed by atoms with Crippen LogP contribution >= 0.6 is 0 Å². The van der Waals surface area contributed by atoms with Gasteiger partial charge in [0.2, 0.25) is 5.88 Å². The van der Waals surface area contributed by atoms with Crippen molar-refractivity contribution in [1.82, 2.24) is 4.98 Å². The van der Waals surface area contributed by atoms with Crippen molar-refractivity contribution in [3.05, 3.63) is 59.8 Å². The normalized spacial score (nSPS) is 11.1. The molecule has 2 rings (SSSR count). The Morgan fingerprint density at radius 2 is 1.92 bits per heavy atom. The van der Waals surface area contributed by atoms with Gasteiger partial charge in [-0.3, -0.25) is 4.79 Å². The van der Waals surface area contributed by atoms with Gasteiger partial charge in [0.1, 0.15) is 0 Å². The van der Waals surface area contributed by atoms with Gasteiger partial charge in [0.25, 0.3) is 0 Å². The molecule has 0 aliphatic carbocycles. The maximum absolute atomic E-state index is 12.1. The van der Waals surface area contributed by atoms with E-state index in [0.717, 1.165) is 11.3 Å². The molecule has 26 heavy (non-hydrogen) atoms. The van der Waals surface area contributed by atoms with Crippen molar-refractivity contribution in [1.29, 1.82) is 0 Å². The standard InChI is InChI=1S/C20H22N2O4/c1-4-16(14(2)23)19-17(10-11-21-20(19)26-13-18(24)25)22(3)12-15-8-6-5-7-9-15/h4-11H,12-13H2,1-3H3,(H,24,25)/b16-4+. The number of rotatable bonds is 8. The number of carboxylic acids is 1. The molecular weight excluding hydrogens is 332 g/mol. The van der Waals surface area contributed by atoms with Gasteiger partial charge in [-0.1, -0.05) is 36.4 Å². The van der Waals surface area contributed by atoms with Gasteiger partial charge in [-0.25, -0.2) is 9.78 Å². The van der Waals surface area contributed by atoms with Gasteiger partial charge >= 0.3 is 5.97 Å². The van der Waals surface area contributed by atoms with E-state index in [1.807, 2.05) is 42.3 Å². The molecule has 0 amide bonds. The quantitative estimate of drug-likeness (QED) is 0.734. The fourth-order valence-corrected chi connectivity index (χ4v) is 2.71. The van der Waals surface area contributed by atoms with Crippen LogP contribution in [0, 0.1) is 0 Å². The van der Waals surface area contributed by atoms with Crippen LogP contribution in [-0.4, -0.2) is 35.5 Å². The number of anilines is 1. The molecule has 1 N–H and O–H groups in total. The Balaban J connectivity index is 2.48. The van der Waals surface area contributed by atoms with Crippen molar-refractivity contribution >= 4 is 23.0 Å². The van der Waals surface area contributed by atoms with Crippen molar-refractivity contribution in [3.63, 3.8) is 0 Å². The van der Waals surface area contributed by atoms with Crippen LogP contribution in [0.3, 0.4) is 0 Å². The molecular formula is C20H22N2O4. The number of nitrogens with zero attached hydrogens (tertiary/aromatic N) is 2. The molecule has 1 heterocycles. The third kappa shape index (κ3) is 4.69. The lowest BCUT2D eigenvalue weighted by atomic mass is 10.0. The summed E-state index contributed by atoms with van der Waals surface area (Å²) in [5.74, 6) is -1.12. The minimum absolute atomic E-state index is 0.133. The summed E-state index contributed by atoms with van der Waals surface area (Å²) in [6.07, 6.45) is 3.23. The van der Waals surface area contributed by atoms with Crippen molar-refractivity contribution in [2.45, 2.75) is 20.4 Å². The summed E-state index contributed by atoms with van der Waals surface area (Å²) in [6, 6.07) is 11.7. The van der Waals surface area contributed by atoms with E-state index < -0.39 is 12.6 Å². The number of ether oxygens (including phenoxy) is 1. The third-order valence-electron chi connectivity index (χ3n) is 3.84. The molecule has 6 nitrogen and oxygen atoms in total. The first kappa shape index (κ1) is 19.2. The molecule has 0 unspecified atom stereocenters. The molecule has 1 aromatic heterocycles. The molecule has 0 aliphatic rings. The number of aromatic nitrogens is 1. The molecule has 0 atom stereocenters. The van der Waals surface area contributed by atoms with Gasteiger partial charge in [-0.05, 0) is 25.5 Å². The smallest absolute Gasteiger partial charge is 0.341 e. The summed E-state index contributed by atoms with van der Waals surface area (Å²) < 4.78 is 5.34. The summed E-state index contributed by atoms with van der Waals surface area (Å²) in [6.45, 7) is 3.31. The first-order valence-electron chi connectivity index (χ1n) is 8.20. The largest absolute Gasteiger partial charge is 0.479 e. The van der Waals surface area contributed by atoms with E-state index in [0.29, 0.717) is 17.7 Å². The van der Waals surface area contributed by atoms with Gasteiger partial charge < -0.3 is 14.7 Å². The van der Waals surface area contributed by atoms with Gasteiger partial charge in [-0.15, -0.1) is 0 Å². The molecule has 6 heteroatoms. The van der Waals surface area contributed by atoms with Crippen LogP contribution in [0.2, 0.25) is 0 Å². The summed E-state index contributed by atoms with van der Waals surface area (Å²) >= 11 is 0.